The van der Waals surface area contributed by atoms with Gasteiger partial charge in [0.15, 0.2) is 0 Å². The molecule has 2 atom stereocenters. The standard InChI is InChI=1S/C15H27NO2S/c1-5-13(4)16(10-15-7-6-8-19-15)9-14(17)11-18-12(2)3/h6-8,12-14,17H,5,9-11H2,1-4H3. The molecule has 0 radical (unpaired) electrons. The molecule has 0 amide bonds. The van der Waals surface area contributed by atoms with Crippen molar-refractivity contribution in [2.45, 2.75) is 58.9 Å². The zero-order valence-electron chi connectivity index (χ0n) is 12.5. The van der Waals surface area contributed by atoms with E-state index in [9.17, 15) is 5.11 Å². The molecule has 3 nitrogen and oxygen atoms in total. The first-order chi connectivity index (χ1) is 9.02. The van der Waals surface area contributed by atoms with Crippen LogP contribution in [-0.4, -0.2) is 41.4 Å². The molecular weight excluding hydrogens is 258 g/mol. The quantitative estimate of drug-likeness (QED) is 0.756. The Morgan fingerprint density at radius 2 is 2.11 bits per heavy atom. The summed E-state index contributed by atoms with van der Waals surface area (Å²) >= 11 is 1.77. The van der Waals surface area contributed by atoms with Crippen molar-refractivity contribution in [2.75, 3.05) is 13.2 Å². The predicted molar refractivity (Wildman–Crippen MR) is 81.6 cm³/mol. The van der Waals surface area contributed by atoms with Gasteiger partial charge in [-0.3, -0.25) is 4.90 Å². The van der Waals surface area contributed by atoms with Crippen LogP contribution in [-0.2, 0) is 11.3 Å². The molecule has 110 valence electrons. The second-order valence-corrected chi connectivity index (χ2v) is 6.33. The van der Waals surface area contributed by atoms with E-state index >= 15 is 0 Å². The van der Waals surface area contributed by atoms with Crippen LogP contribution in [0.25, 0.3) is 0 Å². The Morgan fingerprint density at radius 1 is 1.37 bits per heavy atom. The Labute approximate surface area is 121 Å². The molecule has 0 aliphatic heterocycles. The van der Waals surface area contributed by atoms with E-state index in [2.05, 4.69) is 36.3 Å². The lowest BCUT2D eigenvalue weighted by Crippen LogP contribution is -2.40. The summed E-state index contributed by atoms with van der Waals surface area (Å²) in [6, 6.07) is 4.69. The van der Waals surface area contributed by atoms with E-state index in [1.165, 1.54) is 4.88 Å². The first-order valence-corrected chi connectivity index (χ1v) is 7.97. The molecule has 1 aromatic heterocycles. The number of nitrogens with zero attached hydrogens (tertiary/aromatic N) is 1. The number of hydrogen-bond donors (Lipinski definition) is 1. The molecule has 0 spiro atoms. The van der Waals surface area contributed by atoms with Gasteiger partial charge in [-0.2, -0.15) is 0 Å². The Hall–Kier alpha value is -0.420. The zero-order chi connectivity index (χ0) is 14.3. The highest BCUT2D eigenvalue weighted by Gasteiger charge is 2.17. The number of ether oxygens (including phenoxy) is 1. The molecule has 1 heterocycles. The van der Waals surface area contributed by atoms with Crippen molar-refractivity contribution in [1.82, 2.24) is 4.90 Å². The van der Waals surface area contributed by atoms with Crippen molar-refractivity contribution in [3.8, 4) is 0 Å². The second kappa shape index (κ2) is 8.69. The van der Waals surface area contributed by atoms with Gasteiger partial charge in [0.2, 0.25) is 0 Å². The fourth-order valence-corrected chi connectivity index (χ4v) is 2.62. The van der Waals surface area contributed by atoms with Gasteiger partial charge in [-0.15, -0.1) is 11.3 Å². The summed E-state index contributed by atoms with van der Waals surface area (Å²) in [4.78, 5) is 3.68. The number of aliphatic hydroxyl groups excluding tert-OH is 1. The lowest BCUT2D eigenvalue weighted by atomic mass is 10.2. The molecule has 4 heteroatoms. The minimum atomic E-state index is -0.420. The third-order valence-electron chi connectivity index (χ3n) is 3.22. The van der Waals surface area contributed by atoms with E-state index in [1.54, 1.807) is 11.3 Å². The van der Waals surface area contributed by atoms with E-state index in [4.69, 9.17) is 4.74 Å². The highest BCUT2D eigenvalue weighted by Crippen LogP contribution is 2.15. The highest BCUT2D eigenvalue weighted by atomic mass is 32.1. The van der Waals surface area contributed by atoms with E-state index in [0.717, 1.165) is 13.0 Å². The average Bonchev–Trinajstić information content (AvgIpc) is 2.87. The third kappa shape index (κ3) is 6.52. The van der Waals surface area contributed by atoms with Gasteiger partial charge in [0.05, 0.1) is 18.8 Å². The van der Waals surface area contributed by atoms with Gasteiger partial charge in [0.1, 0.15) is 0 Å². The average molecular weight is 285 g/mol. The summed E-state index contributed by atoms with van der Waals surface area (Å²) < 4.78 is 5.48. The van der Waals surface area contributed by atoms with Crippen LogP contribution in [0.15, 0.2) is 17.5 Å². The molecule has 1 aromatic rings. The van der Waals surface area contributed by atoms with Crippen molar-refractivity contribution < 1.29 is 9.84 Å². The summed E-state index contributed by atoms with van der Waals surface area (Å²) in [6.07, 6.45) is 0.837. The van der Waals surface area contributed by atoms with Crippen LogP contribution in [0.1, 0.15) is 39.0 Å². The first-order valence-electron chi connectivity index (χ1n) is 7.09. The van der Waals surface area contributed by atoms with Crippen LogP contribution in [0.4, 0.5) is 0 Å². The van der Waals surface area contributed by atoms with Gasteiger partial charge in [0.25, 0.3) is 0 Å². The van der Waals surface area contributed by atoms with E-state index in [0.29, 0.717) is 19.2 Å². The molecule has 0 bridgehead atoms. The highest BCUT2D eigenvalue weighted by molar-refractivity contribution is 7.09. The van der Waals surface area contributed by atoms with E-state index in [-0.39, 0.29) is 6.10 Å². The summed E-state index contributed by atoms with van der Waals surface area (Å²) in [5.41, 5.74) is 0. The van der Waals surface area contributed by atoms with E-state index < -0.39 is 6.10 Å². The molecule has 0 aromatic carbocycles. The number of aliphatic hydroxyl groups is 1. The van der Waals surface area contributed by atoms with Crippen molar-refractivity contribution in [1.29, 1.82) is 0 Å². The summed E-state index contributed by atoms with van der Waals surface area (Å²) in [7, 11) is 0. The maximum atomic E-state index is 10.1. The van der Waals surface area contributed by atoms with E-state index in [1.807, 2.05) is 13.8 Å². The maximum Gasteiger partial charge on any atom is 0.0900 e. The van der Waals surface area contributed by atoms with Gasteiger partial charge in [-0.05, 0) is 38.6 Å². The fraction of sp³-hybridized carbons (Fsp3) is 0.733. The molecule has 1 N–H and O–H groups in total. The van der Waals surface area contributed by atoms with Crippen LogP contribution in [0, 0.1) is 0 Å². The molecule has 0 aliphatic carbocycles. The Bertz CT molecular complexity index is 327. The number of thiophene rings is 1. The van der Waals surface area contributed by atoms with Crippen molar-refractivity contribution in [3.05, 3.63) is 22.4 Å². The third-order valence-corrected chi connectivity index (χ3v) is 4.08. The Morgan fingerprint density at radius 3 is 2.63 bits per heavy atom. The molecule has 0 fully saturated rings. The van der Waals surface area contributed by atoms with Gasteiger partial charge >= 0.3 is 0 Å². The predicted octanol–water partition coefficient (Wildman–Crippen LogP) is 3.13. The first kappa shape index (κ1) is 16.6. The Balaban J connectivity index is 2.49. The number of rotatable bonds is 9. The summed E-state index contributed by atoms with van der Waals surface area (Å²) in [5.74, 6) is 0. The van der Waals surface area contributed by atoms with Gasteiger partial charge in [0, 0.05) is 24.0 Å². The largest absolute Gasteiger partial charge is 0.389 e. The fourth-order valence-electron chi connectivity index (χ4n) is 1.89. The molecular formula is C15H27NO2S. The summed E-state index contributed by atoms with van der Waals surface area (Å²) in [5, 5.41) is 12.2. The molecule has 19 heavy (non-hydrogen) atoms. The smallest absolute Gasteiger partial charge is 0.0900 e. The summed E-state index contributed by atoms with van der Waals surface area (Å²) in [6.45, 7) is 10.4. The molecule has 0 aliphatic rings. The van der Waals surface area contributed by atoms with Crippen molar-refractivity contribution in [2.24, 2.45) is 0 Å². The van der Waals surface area contributed by atoms with Crippen molar-refractivity contribution >= 4 is 11.3 Å². The minimum Gasteiger partial charge on any atom is -0.389 e. The monoisotopic (exact) mass is 285 g/mol. The van der Waals surface area contributed by atoms with Crippen LogP contribution in [0.2, 0.25) is 0 Å². The minimum absolute atomic E-state index is 0.170. The zero-order valence-corrected chi connectivity index (χ0v) is 13.3. The van der Waals surface area contributed by atoms with Crippen LogP contribution < -0.4 is 0 Å². The van der Waals surface area contributed by atoms with Crippen molar-refractivity contribution in [3.63, 3.8) is 0 Å². The van der Waals surface area contributed by atoms with Gasteiger partial charge in [-0.1, -0.05) is 13.0 Å². The Kier molecular flexibility index (Phi) is 7.61. The molecule has 0 saturated heterocycles. The van der Waals surface area contributed by atoms with Crippen LogP contribution in [0.5, 0.6) is 0 Å². The van der Waals surface area contributed by atoms with Gasteiger partial charge in [-0.25, -0.2) is 0 Å². The van der Waals surface area contributed by atoms with Crippen LogP contribution >= 0.6 is 11.3 Å². The number of hydrogen-bond acceptors (Lipinski definition) is 4. The van der Waals surface area contributed by atoms with Gasteiger partial charge < -0.3 is 9.84 Å². The lowest BCUT2D eigenvalue weighted by molar-refractivity contribution is -0.0147. The van der Waals surface area contributed by atoms with Crippen LogP contribution in [0.3, 0.4) is 0 Å². The molecule has 1 rings (SSSR count). The lowest BCUT2D eigenvalue weighted by Gasteiger charge is -2.30. The topological polar surface area (TPSA) is 32.7 Å². The maximum absolute atomic E-state index is 10.1. The second-order valence-electron chi connectivity index (χ2n) is 5.30. The molecule has 0 saturated carbocycles. The molecule has 2 unspecified atom stereocenters. The normalized spacial score (nSPS) is 15.1. The SMILES string of the molecule is CCC(C)N(Cc1cccs1)CC(O)COC(C)C.